The smallest absolute Gasteiger partial charge is 0.387 e. The Morgan fingerprint density at radius 1 is 0.398 bits per heavy atom. The molecule has 0 aliphatic rings. The summed E-state index contributed by atoms with van der Waals surface area (Å²) < 4.78 is 23.8. The number of nitrogens with one attached hydrogen (secondary N) is 1. The van der Waals surface area contributed by atoms with Crippen LogP contribution < -0.4 is 5.32 Å². The van der Waals surface area contributed by atoms with Gasteiger partial charge in [0.05, 0.1) is 39.9 Å². The number of quaternary nitrogens is 1. The fourth-order valence-corrected chi connectivity index (χ4v) is 10.2. The molecule has 0 bridgehead atoms. The summed E-state index contributed by atoms with van der Waals surface area (Å²) in [7, 11) is 1.50. The largest absolute Gasteiger partial charge is 0.472 e. The van der Waals surface area contributed by atoms with Crippen LogP contribution in [0.25, 0.3) is 0 Å². The molecule has 3 atom stereocenters. The van der Waals surface area contributed by atoms with E-state index in [0.29, 0.717) is 23.9 Å². The predicted octanol–water partition coefficient (Wildman–Crippen LogP) is 23.1. The van der Waals surface area contributed by atoms with Crippen LogP contribution in [0.5, 0.6) is 0 Å². The van der Waals surface area contributed by atoms with Crippen molar-refractivity contribution in [3.63, 3.8) is 0 Å². The van der Waals surface area contributed by atoms with Gasteiger partial charge in [-0.15, -0.1) is 0 Å². The monoisotopic (exact) mass is 1240 g/mol. The number of hydrogen-bond acceptors (Lipinski definition) is 5. The second-order valence-corrected chi connectivity index (χ2v) is 26.0. The number of carbonyl (C=O) groups excluding carboxylic acids is 1. The summed E-state index contributed by atoms with van der Waals surface area (Å²) in [6.45, 7) is 4.65. The van der Waals surface area contributed by atoms with Crippen molar-refractivity contribution in [2.75, 3.05) is 40.9 Å². The van der Waals surface area contributed by atoms with E-state index in [1.165, 1.54) is 128 Å². The molecule has 0 spiro atoms. The Hall–Kier alpha value is -4.14. The molecule has 0 rings (SSSR count). The lowest BCUT2D eigenvalue weighted by Crippen LogP contribution is -2.45. The Bertz CT molecular complexity index is 2040. The summed E-state index contributed by atoms with van der Waals surface area (Å²) in [6, 6.07) is -0.903. The van der Waals surface area contributed by atoms with E-state index in [2.05, 4.69) is 177 Å². The number of carbonyl (C=O) groups is 1. The van der Waals surface area contributed by atoms with Crippen LogP contribution in [0.1, 0.15) is 271 Å². The molecule has 0 aliphatic heterocycles. The number of aliphatic hydroxyl groups is 1. The van der Waals surface area contributed by atoms with Crippen molar-refractivity contribution in [2.24, 2.45) is 0 Å². The van der Waals surface area contributed by atoms with Crippen LogP contribution in [-0.2, 0) is 18.4 Å². The number of phosphoric acid groups is 1. The Kier molecular flexibility index (Phi) is 64.1. The molecule has 0 saturated carbocycles. The minimum Gasteiger partial charge on any atom is -0.387 e. The van der Waals surface area contributed by atoms with E-state index in [0.717, 1.165) is 116 Å². The molecule has 500 valence electrons. The van der Waals surface area contributed by atoms with Gasteiger partial charge in [0, 0.05) is 6.42 Å². The van der Waals surface area contributed by atoms with E-state index in [1.54, 1.807) is 6.08 Å². The minimum atomic E-state index is -4.39. The molecule has 8 nitrogen and oxygen atoms in total. The lowest BCUT2D eigenvalue weighted by molar-refractivity contribution is -0.870. The van der Waals surface area contributed by atoms with E-state index in [9.17, 15) is 19.4 Å². The fraction of sp³-hybridized carbons (Fsp3) is 0.633. The molecule has 0 heterocycles. The molecule has 0 aromatic rings. The van der Waals surface area contributed by atoms with Gasteiger partial charge in [0.1, 0.15) is 13.2 Å². The maximum Gasteiger partial charge on any atom is 0.472 e. The maximum absolute atomic E-state index is 13.0. The fourth-order valence-electron chi connectivity index (χ4n) is 9.43. The average molecular weight is 1240 g/mol. The Labute approximate surface area is 543 Å². The van der Waals surface area contributed by atoms with Crippen molar-refractivity contribution in [3.05, 3.63) is 170 Å². The van der Waals surface area contributed by atoms with Crippen LogP contribution in [-0.4, -0.2) is 73.4 Å². The Balaban J connectivity index is 4.29. The molecule has 1 amide bonds. The zero-order valence-electron chi connectivity index (χ0n) is 57.1. The van der Waals surface area contributed by atoms with Gasteiger partial charge in [-0.3, -0.25) is 13.8 Å². The van der Waals surface area contributed by atoms with Crippen molar-refractivity contribution in [1.82, 2.24) is 5.32 Å². The normalized spacial score (nSPS) is 14.7. The number of unbranched alkanes of at least 4 members (excludes halogenated alkanes) is 24. The average Bonchev–Trinajstić information content (AvgIpc) is 3.70. The van der Waals surface area contributed by atoms with E-state index in [-0.39, 0.29) is 19.1 Å². The second-order valence-electron chi connectivity index (χ2n) is 24.5. The van der Waals surface area contributed by atoms with Gasteiger partial charge in [-0.05, 0) is 128 Å². The van der Waals surface area contributed by atoms with Gasteiger partial charge in [-0.2, -0.15) is 0 Å². The molecule has 0 saturated heterocycles. The molecule has 3 N–H and O–H groups in total. The first-order valence-corrected chi connectivity index (χ1v) is 37.0. The van der Waals surface area contributed by atoms with Crippen molar-refractivity contribution in [2.45, 2.75) is 283 Å². The summed E-state index contributed by atoms with van der Waals surface area (Å²) in [6.07, 6.45) is 107. The zero-order valence-corrected chi connectivity index (χ0v) is 58.0. The van der Waals surface area contributed by atoms with Crippen LogP contribution in [0, 0.1) is 0 Å². The molecule has 0 aliphatic carbocycles. The quantitative estimate of drug-likeness (QED) is 0.0243. The third-order valence-electron chi connectivity index (χ3n) is 14.9. The highest BCUT2D eigenvalue weighted by molar-refractivity contribution is 7.47. The van der Waals surface area contributed by atoms with E-state index < -0.39 is 20.0 Å². The first-order valence-electron chi connectivity index (χ1n) is 35.5. The maximum atomic E-state index is 13.0. The Morgan fingerprint density at radius 3 is 1.05 bits per heavy atom. The van der Waals surface area contributed by atoms with Crippen LogP contribution in [0.2, 0.25) is 0 Å². The van der Waals surface area contributed by atoms with Gasteiger partial charge >= 0.3 is 7.82 Å². The summed E-state index contributed by atoms with van der Waals surface area (Å²) in [4.78, 5) is 23.4. The van der Waals surface area contributed by atoms with Gasteiger partial charge in [0.25, 0.3) is 0 Å². The molecular weight excluding hydrogens is 1100 g/mol. The van der Waals surface area contributed by atoms with Crippen LogP contribution in [0.15, 0.2) is 170 Å². The van der Waals surface area contributed by atoms with Crippen molar-refractivity contribution < 1.29 is 32.9 Å². The van der Waals surface area contributed by atoms with E-state index >= 15 is 0 Å². The lowest BCUT2D eigenvalue weighted by Gasteiger charge is -2.25. The van der Waals surface area contributed by atoms with Gasteiger partial charge in [0.2, 0.25) is 5.91 Å². The number of phosphoric ester groups is 1. The highest BCUT2D eigenvalue weighted by Gasteiger charge is 2.28. The molecular formula is C79H134N2O6P+. The molecule has 0 aromatic carbocycles. The number of likely N-dealkylation sites (N-methyl/N-ethyl adjacent to an activating group) is 1. The third-order valence-corrected chi connectivity index (χ3v) is 15.9. The van der Waals surface area contributed by atoms with Gasteiger partial charge in [0.15, 0.2) is 0 Å². The highest BCUT2D eigenvalue weighted by Crippen LogP contribution is 2.43. The molecule has 9 heteroatoms. The first-order chi connectivity index (χ1) is 43.0. The predicted molar refractivity (Wildman–Crippen MR) is 387 cm³/mol. The van der Waals surface area contributed by atoms with Crippen molar-refractivity contribution >= 4 is 13.7 Å². The number of rotatable bonds is 63. The minimum absolute atomic E-state index is 0.0372. The standard InChI is InChI=1S/C79H133N2O6P/c1-6-8-10-12-14-16-18-20-22-24-26-28-30-32-34-36-37-38-39-40-41-42-43-45-47-49-51-53-55-57-59-61-63-65-67-69-71-73-79(83)80-77(76-87-88(84,85)86-75-74-81(3,4)5)78(82)72-70-68-66-64-62-60-58-56-54-52-50-48-46-44-35-33-31-29-27-25-23-21-19-17-15-13-11-9-7-2/h8,10,14,16,20,22,26,28,32,34,37-38,40-41,43,45,49,51,54-57,61-64,70,72,77-78,82H,6-7,9,11-13,15,17-19,21,23-25,27,29-31,33,35-36,39,42,44,46-48,50,52-53,58-60,65-69,71,73-76H2,1-5H3,(H-,80,83,84,85)/p+1/b10-8-,16-14-,22-20-,28-26-,34-32-,38-37-,41-40-,45-43-,51-49-,56-54+,57-55-,63-61-,64-62+,72-70+. The molecule has 3 unspecified atom stereocenters. The van der Waals surface area contributed by atoms with Gasteiger partial charge in [-0.25, -0.2) is 4.57 Å². The zero-order chi connectivity index (χ0) is 64.1. The number of allylic oxidation sites excluding steroid dienone is 27. The Morgan fingerprint density at radius 2 is 0.693 bits per heavy atom. The second kappa shape index (κ2) is 67.3. The third kappa shape index (κ3) is 69.3. The summed E-state index contributed by atoms with van der Waals surface area (Å²) in [5.74, 6) is -0.228. The van der Waals surface area contributed by atoms with Crippen LogP contribution in [0.4, 0.5) is 0 Å². The summed E-state index contributed by atoms with van der Waals surface area (Å²) in [5, 5.41) is 13.9. The number of nitrogens with zero attached hydrogens (tertiary/aromatic N) is 1. The van der Waals surface area contributed by atoms with Gasteiger partial charge < -0.3 is 19.8 Å². The van der Waals surface area contributed by atoms with Gasteiger partial charge in [-0.1, -0.05) is 306 Å². The van der Waals surface area contributed by atoms with E-state index in [1.807, 2.05) is 27.2 Å². The summed E-state index contributed by atoms with van der Waals surface area (Å²) >= 11 is 0. The first kappa shape index (κ1) is 83.9. The van der Waals surface area contributed by atoms with Crippen LogP contribution in [0.3, 0.4) is 0 Å². The molecule has 88 heavy (non-hydrogen) atoms. The van der Waals surface area contributed by atoms with Crippen LogP contribution >= 0.6 is 7.82 Å². The summed E-state index contributed by atoms with van der Waals surface area (Å²) in [5.41, 5.74) is 0. The van der Waals surface area contributed by atoms with Crippen molar-refractivity contribution in [1.29, 1.82) is 0 Å². The molecule has 0 aromatic heterocycles. The highest BCUT2D eigenvalue weighted by atomic mass is 31.2. The number of hydrogen-bond donors (Lipinski definition) is 3. The molecule has 0 fully saturated rings. The number of amides is 1. The van der Waals surface area contributed by atoms with E-state index in [4.69, 9.17) is 9.05 Å². The topological polar surface area (TPSA) is 105 Å². The lowest BCUT2D eigenvalue weighted by atomic mass is 10.0. The molecule has 0 radical (unpaired) electrons. The number of aliphatic hydroxyl groups excluding tert-OH is 1. The van der Waals surface area contributed by atoms with Crippen molar-refractivity contribution in [3.8, 4) is 0 Å². The SMILES string of the molecule is CC/C=C\C/C=C\C/C=C\C/C=C\C/C=C\C/C=C\C/C=C\C/C=C\C/C=C\C/C=C\C/C=C\CCCCCC(=O)NC(COP(=O)(O)OCC[N+](C)(C)C)C(O)/C=C/CC/C=C/CC/C=C/CCCCCCCCCCCCCCCCCCCCC.